The molecule has 1 fully saturated rings. The van der Waals surface area contributed by atoms with Crippen LogP contribution in [0, 0.1) is 5.82 Å². The summed E-state index contributed by atoms with van der Waals surface area (Å²) in [6, 6.07) is 5.28. The van der Waals surface area contributed by atoms with E-state index in [1.54, 1.807) is 19.2 Å². The van der Waals surface area contributed by atoms with Gasteiger partial charge in [-0.25, -0.2) is 4.39 Å². The van der Waals surface area contributed by atoms with E-state index in [1.807, 2.05) is 0 Å². The lowest BCUT2D eigenvalue weighted by Gasteiger charge is -2.17. The minimum absolute atomic E-state index is 0.252. The molecule has 0 aliphatic heterocycles. The maximum atomic E-state index is 13.6. The number of aliphatic imine (C=N–C) groups is 1. The zero-order chi connectivity index (χ0) is 14.4. The van der Waals surface area contributed by atoms with Crippen molar-refractivity contribution < 1.29 is 4.39 Å². The standard InChI is InChI=1S/C15H21ClFN3/c1-18-15(20-11-5-2-3-6-11)19-10-9-12-13(16)7-4-8-14(12)17/h4,7-8,11H,2-3,5-6,9-10H2,1H3,(H2,18,19,20). The number of rotatable bonds is 4. The van der Waals surface area contributed by atoms with Crippen molar-refractivity contribution in [1.82, 2.24) is 10.6 Å². The smallest absolute Gasteiger partial charge is 0.191 e. The van der Waals surface area contributed by atoms with Gasteiger partial charge in [0.2, 0.25) is 0 Å². The molecule has 0 amide bonds. The van der Waals surface area contributed by atoms with Crippen molar-refractivity contribution in [2.45, 2.75) is 38.1 Å². The quantitative estimate of drug-likeness (QED) is 0.662. The summed E-state index contributed by atoms with van der Waals surface area (Å²) in [5.41, 5.74) is 0.554. The predicted molar refractivity (Wildman–Crippen MR) is 81.9 cm³/mol. The molecule has 0 unspecified atom stereocenters. The van der Waals surface area contributed by atoms with Crippen molar-refractivity contribution in [3.8, 4) is 0 Å². The van der Waals surface area contributed by atoms with E-state index < -0.39 is 0 Å². The molecule has 110 valence electrons. The van der Waals surface area contributed by atoms with E-state index in [4.69, 9.17) is 11.6 Å². The van der Waals surface area contributed by atoms with Crippen molar-refractivity contribution in [2.24, 2.45) is 4.99 Å². The Hall–Kier alpha value is -1.29. The van der Waals surface area contributed by atoms with Crippen LogP contribution in [0.3, 0.4) is 0 Å². The lowest BCUT2D eigenvalue weighted by molar-refractivity contribution is 0.599. The van der Waals surface area contributed by atoms with Gasteiger partial charge in [0, 0.05) is 30.2 Å². The molecular formula is C15H21ClFN3. The van der Waals surface area contributed by atoms with Gasteiger partial charge >= 0.3 is 0 Å². The molecule has 0 saturated heterocycles. The molecule has 2 rings (SSSR count). The Labute approximate surface area is 124 Å². The number of hydrogen-bond acceptors (Lipinski definition) is 1. The monoisotopic (exact) mass is 297 g/mol. The molecule has 0 heterocycles. The third-order valence-corrected chi connectivity index (χ3v) is 4.00. The van der Waals surface area contributed by atoms with Crippen LogP contribution < -0.4 is 10.6 Å². The summed E-state index contributed by atoms with van der Waals surface area (Å²) < 4.78 is 13.6. The Morgan fingerprint density at radius 2 is 2.15 bits per heavy atom. The number of halogens is 2. The van der Waals surface area contributed by atoms with Gasteiger partial charge in [0.1, 0.15) is 5.82 Å². The fourth-order valence-electron chi connectivity index (χ4n) is 2.54. The fraction of sp³-hybridized carbons (Fsp3) is 0.533. The minimum atomic E-state index is -0.252. The van der Waals surface area contributed by atoms with Crippen molar-refractivity contribution in [3.63, 3.8) is 0 Å². The summed E-state index contributed by atoms with van der Waals surface area (Å²) in [5.74, 6) is 0.530. The number of nitrogens with zero attached hydrogens (tertiary/aromatic N) is 1. The highest BCUT2D eigenvalue weighted by Gasteiger charge is 2.15. The summed E-state index contributed by atoms with van der Waals surface area (Å²) in [7, 11) is 1.75. The second kappa shape index (κ2) is 7.48. The Kier molecular flexibility index (Phi) is 5.65. The molecule has 0 spiro atoms. The van der Waals surface area contributed by atoms with E-state index in [2.05, 4.69) is 15.6 Å². The third-order valence-electron chi connectivity index (χ3n) is 3.65. The Morgan fingerprint density at radius 1 is 1.40 bits per heavy atom. The van der Waals surface area contributed by atoms with Gasteiger partial charge in [-0.05, 0) is 31.4 Å². The number of benzene rings is 1. The van der Waals surface area contributed by atoms with Gasteiger partial charge in [0.25, 0.3) is 0 Å². The Bertz CT molecular complexity index is 450. The van der Waals surface area contributed by atoms with Gasteiger partial charge in [-0.3, -0.25) is 4.99 Å². The second-order valence-corrected chi connectivity index (χ2v) is 5.48. The van der Waals surface area contributed by atoms with Gasteiger partial charge in [0.15, 0.2) is 5.96 Å². The first kappa shape index (κ1) is 15.1. The second-order valence-electron chi connectivity index (χ2n) is 5.07. The number of guanidine groups is 1. The highest BCUT2D eigenvalue weighted by atomic mass is 35.5. The van der Waals surface area contributed by atoms with Gasteiger partial charge in [-0.15, -0.1) is 0 Å². The molecule has 0 bridgehead atoms. The average molecular weight is 298 g/mol. The van der Waals surface area contributed by atoms with Gasteiger partial charge in [-0.1, -0.05) is 30.5 Å². The molecule has 5 heteroatoms. The van der Waals surface area contributed by atoms with Crippen LogP contribution in [-0.4, -0.2) is 25.6 Å². The van der Waals surface area contributed by atoms with E-state index in [0.717, 1.165) is 5.96 Å². The van der Waals surface area contributed by atoms with Crippen molar-refractivity contribution in [1.29, 1.82) is 0 Å². The summed E-state index contributed by atoms with van der Waals surface area (Å²) in [4.78, 5) is 4.20. The van der Waals surface area contributed by atoms with Crippen molar-refractivity contribution in [3.05, 3.63) is 34.6 Å². The van der Waals surface area contributed by atoms with Crippen LogP contribution in [-0.2, 0) is 6.42 Å². The molecule has 3 nitrogen and oxygen atoms in total. The largest absolute Gasteiger partial charge is 0.356 e. The SMILES string of the molecule is CN=C(NCCc1c(F)cccc1Cl)NC1CCCC1. The highest BCUT2D eigenvalue weighted by Crippen LogP contribution is 2.19. The molecule has 1 aromatic carbocycles. The first-order valence-corrected chi connectivity index (χ1v) is 7.48. The molecule has 20 heavy (non-hydrogen) atoms. The minimum Gasteiger partial charge on any atom is -0.356 e. The molecule has 2 N–H and O–H groups in total. The Balaban J connectivity index is 1.82. The lowest BCUT2D eigenvalue weighted by atomic mass is 10.1. The van der Waals surface area contributed by atoms with E-state index in [0.29, 0.717) is 29.6 Å². The van der Waals surface area contributed by atoms with E-state index >= 15 is 0 Å². The van der Waals surface area contributed by atoms with Crippen LogP contribution in [0.2, 0.25) is 5.02 Å². The van der Waals surface area contributed by atoms with Gasteiger partial charge < -0.3 is 10.6 Å². The van der Waals surface area contributed by atoms with Crippen LogP contribution in [0.25, 0.3) is 0 Å². The summed E-state index contributed by atoms with van der Waals surface area (Å²) >= 11 is 6.00. The maximum absolute atomic E-state index is 13.6. The van der Waals surface area contributed by atoms with Crippen LogP contribution in [0.4, 0.5) is 4.39 Å². The number of hydrogen-bond donors (Lipinski definition) is 2. The van der Waals surface area contributed by atoms with E-state index in [9.17, 15) is 4.39 Å². The zero-order valence-electron chi connectivity index (χ0n) is 11.8. The summed E-state index contributed by atoms with van der Waals surface area (Å²) in [6.45, 7) is 0.604. The van der Waals surface area contributed by atoms with Crippen LogP contribution >= 0.6 is 11.6 Å². The first-order chi connectivity index (χ1) is 9.70. The topological polar surface area (TPSA) is 36.4 Å². The molecular weight excluding hydrogens is 277 g/mol. The average Bonchev–Trinajstić information content (AvgIpc) is 2.93. The molecule has 0 aromatic heterocycles. The third kappa shape index (κ3) is 4.10. The molecule has 0 atom stereocenters. The molecule has 0 radical (unpaired) electrons. The molecule has 1 aliphatic rings. The number of nitrogens with one attached hydrogen (secondary N) is 2. The molecule has 1 saturated carbocycles. The first-order valence-electron chi connectivity index (χ1n) is 7.11. The van der Waals surface area contributed by atoms with Gasteiger partial charge in [0.05, 0.1) is 0 Å². The fourth-order valence-corrected chi connectivity index (χ4v) is 2.79. The van der Waals surface area contributed by atoms with Crippen molar-refractivity contribution >= 4 is 17.6 Å². The normalized spacial score (nSPS) is 16.4. The van der Waals surface area contributed by atoms with Crippen molar-refractivity contribution in [2.75, 3.05) is 13.6 Å². The van der Waals surface area contributed by atoms with Crippen LogP contribution in [0.1, 0.15) is 31.2 Å². The van der Waals surface area contributed by atoms with Crippen LogP contribution in [0.15, 0.2) is 23.2 Å². The predicted octanol–water partition coefficient (Wildman–Crippen LogP) is 3.13. The summed E-state index contributed by atoms with van der Waals surface area (Å²) in [5, 5.41) is 7.08. The highest BCUT2D eigenvalue weighted by molar-refractivity contribution is 6.31. The van der Waals surface area contributed by atoms with E-state index in [-0.39, 0.29) is 5.82 Å². The Morgan fingerprint density at radius 3 is 2.80 bits per heavy atom. The zero-order valence-corrected chi connectivity index (χ0v) is 12.5. The van der Waals surface area contributed by atoms with Crippen LogP contribution in [0.5, 0.6) is 0 Å². The molecule has 1 aliphatic carbocycles. The van der Waals surface area contributed by atoms with Gasteiger partial charge in [-0.2, -0.15) is 0 Å². The van der Waals surface area contributed by atoms with E-state index in [1.165, 1.54) is 31.7 Å². The molecule has 1 aromatic rings. The lowest BCUT2D eigenvalue weighted by Crippen LogP contribution is -2.43. The maximum Gasteiger partial charge on any atom is 0.191 e. The summed E-state index contributed by atoms with van der Waals surface area (Å²) in [6.07, 6.45) is 5.48.